The van der Waals surface area contributed by atoms with Gasteiger partial charge in [-0.05, 0) is 29.8 Å². The second-order valence-electron chi connectivity index (χ2n) is 7.33. The Morgan fingerprint density at radius 2 is 1.41 bits per heavy atom. The summed E-state index contributed by atoms with van der Waals surface area (Å²) in [4.78, 5) is 42.6. The van der Waals surface area contributed by atoms with E-state index < -0.39 is 0 Å². The molecule has 0 atom stereocenters. The lowest BCUT2D eigenvalue weighted by Crippen LogP contribution is -2.51. The third kappa shape index (κ3) is 4.05. The highest BCUT2D eigenvalue weighted by atomic mass is 19.1. The van der Waals surface area contributed by atoms with Gasteiger partial charge in [0.05, 0.1) is 17.5 Å². The molecule has 29 heavy (non-hydrogen) atoms. The number of benzene rings is 2. The molecule has 2 aromatic carbocycles. The minimum atomic E-state index is -0.312. The van der Waals surface area contributed by atoms with Crippen LogP contribution < -0.4 is 0 Å². The van der Waals surface area contributed by atoms with Crippen molar-refractivity contribution in [1.82, 2.24) is 14.7 Å². The number of nitrogens with zero attached hydrogens (tertiary/aromatic N) is 3. The standard InChI is InChI=1S/C22H22FN3O3/c23-17-7-5-16(6-8-17)15-20(27)25-12-9-24(10-13-25)11-14-26-21(28)18-3-1-2-4-19(18)22(26)29/h1-8H,9-15H2. The van der Waals surface area contributed by atoms with E-state index in [2.05, 4.69) is 4.90 Å². The molecule has 0 aliphatic carbocycles. The van der Waals surface area contributed by atoms with Crippen molar-refractivity contribution in [1.29, 1.82) is 0 Å². The number of rotatable bonds is 5. The van der Waals surface area contributed by atoms with Crippen LogP contribution in [0.3, 0.4) is 0 Å². The third-order valence-electron chi connectivity index (χ3n) is 5.51. The van der Waals surface area contributed by atoms with E-state index in [9.17, 15) is 18.8 Å². The van der Waals surface area contributed by atoms with Gasteiger partial charge >= 0.3 is 0 Å². The number of imide groups is 1. The van der Waals surface area contributed by atoms with E-state index in [1.165, 1.54) is 17.0 Å². The van der Waals surface area contributed by atoms with E-state index in [1.54, 1.807) is 36.4 Å². The van der Waals surface area contributed by atoms with Crippen LogP contribution in [0.5, 0.6) is 0 Å². The second-order valence-corrected chi connectivity index (χ2v) is 7.33. The van der Waals surface area contributed by atoms with E-state index in [1.807, 2.05) is 4.90 Å². The number of hydrogen-bond donors (Lipinski definition) is 0. The second kappa shape index (κ2) is 8.13. The van der Waals surface area contributed by atoms with E-state index >= 15 is 0 Å². The van der Waals surface area contributed by atoms with Crippen LogP contribution in [0, 0.1) is 5.82 Å². The largest absolute Gasteiger partial charge is 0.340 e. The molecule has 3 amide bonds. The van der Waals surface area contributed by atoms with Crippen molar-refractivity contribution in [3.05, 3.63) is 71.0 Å². The topological polar surface area (TPSA) is 60.9 Å². The Bertz CT molecular complexity index is 902. The maximum atomic E-state index is 13.0. The molecule has 6 nitrogen and oxygen atoms in total. The Labute approximate surface area is 168 Å². The molecule has 0 spiro atoms. The first kappa shape index (κ1) is 19.3. The molecule has 4 rings (SSSR count). The molecule has 2 aromatic rings. The molecule has 1 saturated heterocycles. The zero-order chi connectivity index (χ0) is 20.4. The van der Waals surface area contributed by atoms with Crippen molar-refractivity contribution in [3.8, 4) is 0 Å². The van der Waals surface area contributed by atoms with Gasteiger partial charge in [0.2, 0.25) is 5.91 Å². The summed E-state index contributed by atoms with van der Waals surface area (Å²) in [6, 6.07) is 12.9. The van der Waals surface area contributed by atoms with Gasteiger partial charge in [0.15, 0.2) is 0 Å². The lowest BCUT2D eigenvalue weighted by Gasteiger charge is -2.35. The van der Waals surface area contributed by atoms with Gasteiger partial charge in [-0.3, -0.25) is 24.2 Å². The predicted molar refractivity (Wildman–Crippen MR) is 105 cm³/mol. The summed E-state index contributed by atoms with van der Waals surface area (Å²) in [6.07, 6.45) is 0.259. The molecule has 0 radical (unpaired) electrons. The van der Waals surface area contributed by atoms with Crippen LogP contribution in [0.2, 0.25) is 0 Å². The Balaban J connectivity index is 1.25. The number of fused-ring (bicyclic) bond motifs is 1. The van der Waals surface area contributed by atoms with Gasteiger partial charge in [0, 0.05) is 39.3 Å². The van der Waals surface area contributed by atoms with Crippen LogP contribution >= 0.6 is 0 Å². The van der Waals surface area contributed by atoms with Gasteiger partial charge in [0.25, 0.3) is 11.8 Å². The number of piperazine rings is 1. The number of carbonyl (C=O) groups excluding carboxylic acids is 3. The van der Waals surface area contributed by atoms with Crippen molar-refractivity contribution in [2.45, 2.75) is 6.42 Å². The Kier molecular flexibility index (Phi) is 5.40. The van der Waals surface area contributed by atoms with Gasteiger partial charge in [0.1, 0.15) is 5.82 Å². The maximum absolute atomic E-state index is 13.0. The van der Waals surface area contributed by atoms with Crippen LogP contribution in [0.4, 0.5) is 4.39 Å². The van der Waals surface area contributed by atoms with Gasteiger partial charge in [-0.2, -0.15) is 0 Å². The molecule has 0 unspecified atom stereocenters. The lowest BCUT2D eigenvalue weighted by molar-refractivity contribution is -0.132. The first-order valence-electron chi connectivity index (χ1n) is 9.73. The number of hydrogen-bond acceptors (Lipinski definition) is 4. The molecular formula is C22H22FN3O3. The Morgan fingerprint density at radius 3 is 2.00 bits per heavy atom. The molecule has 0 bridgehead atoms. The highest BCUT2D eigenvalue weighted by Crippen LogP contribution is 2.22. The highest BCUT2D eigenvalue weighted by molar-refractivity contribution is 6.21. The minimum Gasteiger partial charge on any atom is -0.340 e. The van der Waals surface area contributed by atoms with Crippen molar-refractivity contribution >= 4 is 17.7 Å². The fourth-order valence-corrected chi connectivity index (χ4v) is 3.79. The molecular weight excluding hydrogens is 373 g/mol. The van der Waals surface area contributed by atoms with E-state index in [4.69, 9.17) is 0 Å². The Hall–Kier alpha value is -3.06. The molecule has 2 aliphatic heterocycles. The summed E-state index contributed by atoms with van der Waals surface area (Å²) in [7, 11) is 0. The first-order valence-corrected chi connectivity index (χ1v) is 9.73. The molecule has 0 saturated carbocycles. The third-order valence-corrected chi connectivity index (χ3v) is 5.51. The summed E-state index contributed by atoms with van der Waals surface area (Å²) in [5.74, 6) is -0.762. The fraction of sp³-hybridized carbons (Fsp3) is 0.318. The molecule has 2 aliphatic rings. The van der Waals surface area contributed by atoms with Gasteiger partial charge in [-0.25, -0.2) is 4.39 Å². The average Bonchev–Trinajstić information content (AvgIpc) is 2.99. The van der Waals surface area contributed by atoms with Gasteiger partial charge in [-0.1, -0.05) is 24.3 Å². The Morgan fingerprint density at radius 1 is 0.828 bits per heavy atom. The van der Waals surface area contributed by atoms with Crippen molar-refractivity contribution in [3.63, 3.8) is 0 Å². The summed E-state index contributed by atoms with van der Waals surface area (Å²) >= 11 is 0. The molecule has 0 N–H and O–H groups in total. The average molecular weight is 395 g/mol. The van der Waals surface area contributed by atoms with Gasteiger partial charge in [-0.15, -0.1) is 0 Å². The quantitative estimate of drug-likeness (QED) is 0.725. The van der Waals surface area contributed by atoms with E-state index in [0.29, 0.717) is 50.4 Å². The molecule has 2 heterocycles. The van der Waals surface area contributed by atoms with Crippen LogP contribution in [-0.4, -0.2) is 71.7 Å². The van der Waals surface area contributed by atoms with Crippen LogP contribution in [0.15, 0.2) is 48.5 Å². The zero-order valence-electron chi connectivity index (χ0n) is 16.0. The summed E-state index contributed by atoms with van der Waals surface area (Å²) in [5.41, 5.74) is 1.73. The number of amides is 3. The normalized spacial score (nSPS) is 17.0. The van der Waals surface area contributed by atoms with E-state index in [0.717, 1.165) is 5.56 Å². The maximum Gasteiger partial charge on any atom is 0.261 e. The van der Waals surface area contributed by atoms with E-state index in [-0.39, 0.29) is 30.0 Å². The highest BCUT2D eigenvalue weighted by Gasteiger charge is 2.35. The van der Waals surface area contributed by atoms with Crippen molar-refractivity contribution in [2.24, 2.45) is 0 Å². The molecule has 7 heteroatoms. The molecule has 1 fully saturated rings. The van der Waals surface area contributed by atoms with Gasteiger partial charge < -0.3 is 4.90 Å². The number of halogens is 1. The smallest absolute Gasteiger partial charge is 0.261 e. The monoisotopic (exact) mass is 395 g/mol. The summed E-state index contributed by atoms with van der Waals surface area (Å²) < 4.78 is 13.0. The summed E-state index contributed by atoms with van der Waals surface area (Å²) in [6.45, 7) is 3.52. The fourth-order valence-electron chi connectivity index (χ4n) is 3.79. The van der Waals surface area contributed by atoms with Crippen LogP contribution in [-0.2, 0) is 11.2 Å². The predicted octanol–water partition coefficient (Wildman–Crippen LogP) is 1.81. The van der Waals surface area contributed by atoms with Crippen molar-refractivity contribution in [2.75, 3.05) is 39.3 Å². The number of carbonyl (C=O) groups is 3. The minimum absolute atomic E-state index is 0.0246. The lowest BCUT2D eigenvalue weighted by atomic mass is 10.1. The van der Waals surface area contributed by atoms with Crippen LogP contribution in [0.1, 0.15) is 26.3 Å². The molecule has 0 aromatic heterocycles. The molecule has 150 valence electrons. The summed E-state index contributed by atoms with van der Waals surface area (Å²) in [5, 5.41) is 0. The first-order chi connectivity index (χ1) is 14.0. The van der Waals surface area contributed by atoms with Crippen molar-refractivity contribution < 1.29 is 18.8 Å². The SMILES string of the molecule is O=C(Cc1ccc(F)cc1)N1CCN(CCN2C(=O)c3ccccc3C2=O)CC1. The van der Waals surface area contributed by atoms with Crippen LogP contribution in [0.25, 0.3) is 0 Å². The zero-order valence-corrected chi connectivity index (χ0v) is 16.0.